The van der Waals surface area contributed by atoms with Gasteiger partial charge in [-0.2, -0.15) is 0 Å². The van der Waals surface area contributed by atoms with E-state index in [1.165, 1.54) is 5.56 Å². The largest absolute Gasteiger partial charge is 0.308 e. The second-order valence-electron chi connectivity index (χ2n) is 5.03. The van der Waals surface area contributed by atoms with Gasteiger partial charge in [0.25, 0.3) is 0 Å². The number of nitrogens with two attached hydrogens (primary N) is 1. The van der Waals surface area contributed by atoms with Crippen molar-refractivity contribution < 1.29 is 0 Å². The van der Waals surface area contributed by atoms with Crippen LogP contribution in [0, 0.1) is 13.8 Å². The number of hydrogen-bond donors (Lipinski definition) is 2. The summed E-state index contributed by atoms with van der Waals surface area (Å²) < 4.78 is 0. The van der Waals surface area contributed by atoms with Crippen LogP contribution >= 0.6 is 0 Å². The summed E-state index contributed by atoms with van der Waals surface area (Å²) in [6.45, 7) is 8.27. The van der Waals surface area contributed by atoms with Gasteiger partial charge in [0.2, 0.25) is 0 Å². The molecule has 3 N–H and O–H groups in total. The molecule has 2 rings (SSSR count). The standard InChI is InChI=1S/C15H20N4/c1-9(2)12-5-7-13(8-6-12)15-17-11(4)10(3)14(18-15)19-16/h5-9H,16H2,1-4H3,(H,17,18,19). The van der Waals surface area contributed by atoms with E-state index in [2.05, 4.69) is 53.5 Å². The lowest BCUT2D eigenvalue weighted by Gasteiger charge is -2.10. The number of nitrogens with one attached hydrogen (secondary N) is 1. The lowest BCUT2D eigenvalue weighted by atomic mass is 10.0. The smallest absolute Gasteiger partial charge is 0.161 e. The molecule has 0 atom stereocenters. The van der Waals surface area contributed by atoms with Gasteiger partial charge in [0.05, 0.1) is 0 Å². The van der Waals surface area contributed by atoms with E-state index in [-0.39, 0.29) is 0 Å². The Balaban J connectivity index is 2.44. The fourth-order valence-corrected chi connectivity index (χ4v) is 1.92. The molecule has 1 heterocycles. The predicted octanol–water partition coefficient (Wildman–Crippen LogP) is 3.17. The average Bonchev–Trinajstić information content (AvgIpc) is 2.41. The van der Waals surface area contributed by atoms with E-state index >= 15 is 0 Å². The Morgan fingerprint density at radius 1 is 1.05 bits per heavy atom. The first-order valence-corrected chi connectivity index (χ1v) is 6.45. The third kappa shape index (κ3) is 2.74. The third-order valence-electron chi connectivity index (χ3n) is 3.36. The summed E-state index contributed by atoms with van der Waals surface area (Å²) in [7, 11) is 0. The monoisotopic (exact) mass is 256 g/mol. The quantitative estimate of drug-likeness (QED) is 0.654. The molecule has 0 saturated carbocycles. The topological polar surface area (TPSA) is 63.8 Å². The zero-order valence-electron chi connectivity index (χ0n) is 11.9. The number of nitrogen functional groups attached to an aromatic ring is 1. The van der Waals surface area contributed by atoms with Gasteiger partial charge in [-0.15, -0.1) is 0 Å². The fourth-order valence-electron chi connectivity index (χ4n) is 1.92. The Kier molecular flexibility index (Phi) is 3.81. The van der Waals surface area contributed by atoms with Gasteiger partial charge in [-0.1, -0.05) is 38.1 Å². The molecule has 0 unspecified atom stereocenters. The molecule has 0 fully saturated rings. The molecule has 19 heavy (non-hydrogen) atoms. The Morgan fingerprint density at radius 3 is 2.21 bits per heavy atom. The van der Waals surface area contributed by atoms with Gasteiger partial charge >= 0.3 is 0 Å². The number of rotatable bonds is 3. The molecule has 1 aromatic carbocycles. The van der Waals surface area contributed by atoms with Crippen LogP contribution in [0.2, 0.25) is 0 Å². The first-order valence-electron chi connectivity index (χ1n) is 6.45. The number of hydrogen-bond acceptors (Lipinski definition) is 4. The SMILES string of the molecule is Cc1nc(-c2ccc(C(C)C)cc2)nc(NN)c1C. The van der Waals surface area contributed by atoms with Crippen LogP contribution in [-0.2, 0) is 0 Å². The van der Waals surface area contributed by atoms with E-state index in [0.29, 0.717) is 17.6 Å². The molecule has 100 valence electrons. The van der Waals surface area contributed by atoms with Crippen LogP contribution in [-0.4, -0.2) is 9.97 Å². The van der Waals surface area contributed by atoms with Crippen LogP contribution in [0.4, 0.5) is 5.82 Å². The van der Waals surface area contributed by atoms with E-state index in [1.807, 2.05) is 13.8 Å². The molecule has 0 radical (unpaired) electrons. The Labute approximate surface area is 114 Å². The van der Waals surface area contributed by atoms with Gasteiger partial charge in [0.15, 0.2) is 5.82 Å². The first kappa shape index (κ1) is 13.5. The van der Waals surface area contributed by atoms with Crippen molar-refractivity contribution in [3.63, 3.8) is 0 Å². The number of anilines is 1. The van der Waals surface area contributed by atoms with Crippen LogP contribution in [0.1, 0.15) is 36.6 Å². The lowest BCUT2D eigenvalue weighted by molar-refractivity contribution is 0.867. The highest BCUT2D eigenvalue weighted by atomic mass is 15.3. The van der Waals surface area contributed by atoms with Crippen LogP contribution in [0.25, 0.3) is 11.4 Å². The number of nitrogens with zero attached hydrogens (tertiary/aromatic N) is 2. The second-order valence-corrected chi connectivity index (χ2v) is 5.03. The Hall–Kier alpha value is -1.94. The summed E-state index contributed by atoms with van der Waals surface area (Å²) in [6, 6.07) is 8.35. The summed E-state index contributed by atoms with van der Waals surface area (Å²) in [5.74, 6) is 7.39. The predicted molar refractivity (Wildman–Crippen MR) is 78.8 cm³/mol. The maximum absolute atomic E-state index is 5.49. The van der Waals surface area contributed by atoms with Crippen molar-refractivity contribution in [1.82, 2.24) is 9.97 Å². The van der Waals surface area contributed by atoms with Crippen molar-refractivity contribution in [1.29, 1.82) is 0 Å². The molecule has 0 saturated heterocycles. The van der Waals surface area contributed by atoms with Crippen LogP contribution in [0.3, 0.4) is 0 Å². The summed E-state index contributed by atoms with van der Waals surface area (Å²) in [6.07, 6.45) is 0. The normalized spacial score (nSPS) is 10.8. The van der Waals surface area contributed by atoms with E-state index in [9.17, 15) is 0 Å². The van der Waals surface area contributed by atoms with Gasteiger partial charge in [-0.3, -0.25) is 0 Å². The molecule has 4 nitrogen and oxygen atoms in total. The molecule has 0 aliphatic carbocycles. The highest BCUT2D eigenvalue weighted by Gasteiger charge is 2.09. The van der Waals surface area contributed by atoms with E-state index in [1.54, 1.807) is 0 Å². The van der Waals surface area contributed by atoms with Crippen molar-refractivity contribution in [2.45, 2.75) is 33.6 Å². The highest BCUT2D eigenvalue weighted by molar-refractivity contribution is 5.59. The van der Waals surface area contributed by atoms with Crippen molar-refractivity contribution in [3.05, 3.63) is 41.1 Å². The van der Waals surface area contributed by atoms with Crippen LogP contribution < -0.4 is 11.3 Å². The van der Waals surface area contributed by atoms with Crippen LogP contribution in [0.15, 0.2) is 24.3 Å². The van der Waals surface area contributed by atoms with Crippen LogP contribution in [0.5, 0.6) is 0 Å². The van der Waals surface area contributed by atoms with Crippen molar-refractivity contribution in [2.24, 2.45) is 5.84 Å². The molecule has 1 aromatic heterocycles. The van der Waals surface area contributed by atoms with E-state index < -0.39 is 0 Å². The van der Waals surface area contributed by atoms with Crippen molar-refractivity contribution in [3.8, 4) is 11.4 Å². The summed E-state index contributed by atoms with van der Waals surface area (Å²) >= 11 is 0. The summed E-state index contributed by atoms with van der Waals surface area (Å²) in [5.41, 5.74) is 6.85. The van der Waals surface area contributed by atoms with Crippen molar-refractivity contribution in [2.75, 3.05) is 5.43 Å². The first-order chi connectivity index (χ1) is 9.02. The maximum Gasteiger partial charge on any atom is 0.161 e. The Morgan fingerprint density at radius 2 is 1.68 bits per heavy atom. The molecule has 0 amide bonds. The zero-order valence-corrected chi connectivity index (χ0v) is 11.9. The van der Waals surface area contributed by atoms with Gasteiger partial charge in [0, 0.05) is 16.8 Å². The summed E-state index contributed by atoms with van der Waals surface area (Å²) in [4.78, 5) is 8.97. The lowest BCUT2D eigenvalue weighted by Crippen LogP contribution is -2.12. The van der Waals surface area contributed by atoms with Gasteiger partial charge in [-0.25, -0.2) is 15.8 Å². The Bertz CT molecular complexity index is 573. The highest BCUT2D eigenvalue weighted by Crippen LogP contribution is 2.23. The molecule has 4 heteroatoms. The van der Waals surface area contributed by atoms with Gasteiger partial charge < -0.3 is 5.43 Å². The molecular weight excluding hydrogens is 236 g/mol. The number of aromatic nitrogens is 2. The molecular formula is C15H20N4. The van der Waals surface area contributed by atoms with E-state index in [0.717, 1.165) is 16.8 Å². The average molecular weight is 256 g/mol. The maximum atomic E-state index is 5.49. The zero-order chi connectivity index (χ0) is 14.0. The molecule has 0 aliphatic heterocycles. The van der Waals surface area contributed by atoms with Gasteiger partial charge in [-0.05, 0) is 25.3 Å². The van der Waals surface area contributed by atoms with E-state index in [4.69, 9.17) is 5.84 Å². The van der Waals surface area contributed by atoms with Gasteiger partial charge in [0.1, 0.15) is 5.82 Å². The second kappa shape index (κ2) is 5.36. The minimum atomic E-state index is 0.524. The third-order valence-corrected chi connectivity index (χ3v) is 3.36. The minimum Gasteiger partial charge on any atom is -0.308 e. The molecule has 2 aromatic rings. The summed E-state index contributed by atoms with van der Waals surface area (Å²) in [5, 5.41) is 0. The molecule has 0 spiro atoms. The number of aryl methyl sites for hydroxylation is 1. The fraction of sp³-hybridized carbons (Fsp3) is 0.333. The molecule has 0 aliphatic rings. The number of benzene rings is 1. The minimum absolute atomic E-state index is 0.524. The van der Waals surface area contributed by atoms with Crippen molar-refractivity contribution >= 4 is 5.82 Å². The molecule has 0 bridgehead atoms. The number of hydrazine groups is 1.